The number of pyridine rings is 1. The van der Waals surface area contributed by atoms with Gasteiger partial charge >= 0.3 is 0 Å². The summed E-state index contributed by atoms with van der Waals surface area (Å²) in [5.41, 5.74) is 1.33. The molecule has 1 aromatic heterocycles. The first-order valence-electron chi connectivity index (χ1n) is 7.61. The molecule has 0 bridgehead atoms. The molecule has 1 N–H and O–H groups in total. The van der Waals surface area contributed by atoms with E-state index in [4.69, 9.17) is 9.47 Å². The number of H-pyrrole nitrogens is 1. The summed E-state index contributed by atoms with van der Waals surface area (Å²) < 4.78 is 10.8. The number of benzene rings is 1. The summed E-state index contributed by atoms with van der Waals surface area (Å²) in [6, 6.07) is 8.78. The molecule has 0 saturated carbocycles. The van der Waals surface area contributed by atoms with E-state index in [-0.39, 0.29) is 24.3 Å². The summed E-state index contributed by atoms with van der Waals surface area (Å²) in [6.07, 6.45) is 3.34. The number of likely N-dealkylation sites (tertiary alicyclic amines) is 1. The minimum atomic E-state index is -0.213. The fraction of sp³-hybridized carbons (Fsp3) is 0.294. The molecule has 0 aliphatic carbocycles. The maximum absolute atomic E-state index is 12.7. The number of hydrogen-bond donors (Lipinski definition) is 1. The molecule has 6 heteroatoms. The molecule has 1 aromatic carbocycles. The van der Waals surface area contributed by atoms with Gasteiger partial charge in [0, 0.05) is 18.8 Å². The monoisotopic (exact) mass is 312 g/mol. The van der Waals surface area contributed by atoms with Crippen LogP contribution >= 0.6 is 0 Å². The molecule has 2 aliphatic rings. The Morgan fingerprint density at radius 1 is 1.17 bits per heavy atom. The Labute approximate surface area is 132 Å². The highest BCUT2D eigenvalue weighted by Gasteiger charge is 2.31. The van der Waals surface area contributed by atoms with Crippen molar-refractivity contribution in [2.45, 2.75) is 18.9 Å². The van der Waals surface area contributed by atoms with E-state index in [1.165, 1.54) is 12.3 Å². The Hall–Kier alpha value is -2.76. The predicted octanol–water partition coefficient (Wildman–Crippen LogP) is 2.08. The molecule has 1 atom stereocenters. The average molecular weight is 312 g/mol. The quantitative estimate of drug-likeness (QED) is 0.921. The molecule has 3 heterocycles. The summed E-state index contributed by atoms with van der Waals surface area (Å²) in [5.74, 6) is 1.40. The zero-order chi connectivity index (χ0) is 15.8. The maximum Gasteiger partial charge on any atom is 0.255 e. The number of aromatic nitrogens is 1. The fourth-order valence-electron chi connectivity index (χ4n) is 3.19. The van der Waals surface area contributed by atoms with Gasteiger partial charge in [0.15, 0.2) is 11.5 Å². The van der Waals surface area contributed by atoms with Gasteiger partial charge in [-0.1, -0.05) is 6.07 Å². The number of carbonyl (C=O) groups excluding carboxylic acids is 1. The number of nitrogens with zero attached hydrogens (tertiary/aromatic N) is 1. The smallest absolute Gasteiger partial charge is 0.255 e. The number of fused-ring (bicyclic) bond motifs is 1. The highest BCUT2D eigenvalue weighted by Crippen LogP contribution is 2.39. The summed E-state index contributed by atoms with van der Waals surface area (Å²) in [4.78, 5) is 28.3. The molecule has 23 heavy (non-hydrogen) atoms. The van der Waals surface area contributed by atoms with Crippen LogP contribution in [0.1, 0.15) is 34.8 Å². The molecular weight excluding hydrogens is 296 g/mol. The van der Waals surface area contributed by atoms with Crippen molar-refractivity contribution >= 4 is 5.91 Å². The van der Waals surface area contributed by atoms with Crippen molar-refractivity contribution in [1.29, 1.82) is 0 Å². The Morgan fingerprint density at radius 2 is 2.04 bits per heavy atom. The standard InChI is InChI=1S/C17H16N2O4/c20-16-6-4-12(9-18-16)17(21)19-7-1-2-13(19)11-3-5-14-15(8-11)23-10-22-14/h3-6,8-9,13H,1-2,7,10H2,(H,18,20)/t13-/m1/s1. The van der Waals surface area contributed by atoms with Crippen molar-refractivity contribution in [1.82, 2.24) is 9.88 Å². The lowest BCUT2D eigenvalue weighted by Gasteiger charge is -2.25. The Balaban J connectivity index is 1.62. The van der Waals surface area contributed by atoms with Crippen LogP contribution in [0.25, 0.3) is 0 Å². The van der Waals surface area contributed by atoms with Crippen LogP contribution in [0.15, 0.2) is 41.3 Å². The second-order valence-electron chi connectivity index (χ2n) is 5.71. The Morgan fingerprint density at radius 3 is 2.87 bits per heavy atom. The summed E-state index contributed by atoms with van der Waals surface area (Å²) in [5, 5.41) is 0. The zero-order valence-corrected chi connectivity index (χ0v) is 12.5. The van der Waals surface area contributed by atoms with Gasteiger partial charge in [0.1, 0.15) is 0 Å². The lowest BCUT2D eigenvalue weighted by Crippen LogP contribution is -2.31. The second-order valence-corrected chi connectivity index (χ2v) is 5.71. The molecule has 4 rings (SSSR count). The van der Waals surface area contributed by atoms with Gasteiger partial charge in [-0.2, -0.15) is 0 Å². The number of amides is 1. The van der Waals surface area contributed by atoms with Gasteiger partial charge in [0.05, 0.1) is 11.6 Å². The molecule has 0 spiro atoms. The lowest BCUT2D eigenvalue weighted by atomic mass is 10.0. The molecule has 2 aliphatic heterocycles. The van der Waals surface area contributed by atoms with Crippen LogP contribution in [-0.2, 0) is 0 Å². The number of nitrogens with one attached hydrogen (secondary N) is 1. The van der Waals surface area contributed by atoms with Crippen molar-refractivity contribution in [3.8, 4) is 11.5 Å². The molecule has 1 amide bonds. The number of aromatic amines is 1. The normalized spacial score (nSPS) is 19.1. The molecule has 0 radical (unpaired) electrons. The van der Waals surface area contributed by atoms with Gasteiger partial charge in [-0.3, -0.25) is 9.59 Å². The van der Waals surface area contributed by atoms with E-state index >= 15 is 0 Å². The summed E-state index contributed by atoms with van der Waals surface area (Å²) in [7, 11) is 0. The van der Waals surface area contributed by atoms with E-state index in [2.05, 4.69) is 4.98 Å². The van der Waals surface area contributed by atoms with Crippen LogP contribution in [0, 0.1) is 0 Å². The minimum absolute atomic E-state index is 0.0175. The lowest BCUT2D eigenvalue weighted by molar-refractivity contribution is 0.0735. The van der Waals surface area contributed by atoms with Crippen LogP contribution in [0.2, 0.25) is 0 Å². The van der Waals surface area contributed by atoms with Gasteiger partial charge in [0.25, 0.3) is 5.91 Å². The first-order chi connectivity index (χ1) is 11.2. The van der Waals surface area contributed by atoms with Crippen LogP contribution in [-0.4, -0.2) is 29.1 Å². The van der Waals surface area contributed by atoms with Crippen LogP contribution in [0.5, 0.6) is 11.5 Å². The van der Waals surface area contributed by atoms with Crippen molar-refractivity contribution in [3.05, 3.63) is 58.0 Å². The molecule has 2 aromatic rings. The molecule has 118 valence electrons. The molecular formula is C17H16N2O4. The van der Waals surface area contributed by atoms with Crippen LogP contribution in [0.3, 0.4) is 0 Å². The number of carbonyl (C=O) groups is 1. The zero-order valence-electron chi connectivity index (χ0n) is 12.5. The average Bonchev–Trinajstić information content (AvgIpc) is 3.23. The third kappa shape index (κ3) is 2.46. The van der Waals surface area contributed by atoms with Crippen LogP contribution < -0.4 is 15.0 Å². The first kappa shape index (κ1) is 13.9. The molecule has 1 fully saturated rings. The second kappa shape index (κ2) is 5.46. The topological polar surface area (TPSA) is 71.6 Å². The van der Waals surface area contributed by atoms with Crippen molar-refractivity contribution in [2.24, 2.45) is 0 Å². The van der Waals surface area contributed by atoms with Gasteiger partial charge in [-0.15, -0.1) is 0 Å². The van der Waals surface area contributed by atoms with Gasteiger partial charge in [0.2, 0.25) is 12.4 Å². The van der Waals surface area contributed by atoms with Gasteiger partial charge < -0.3 is 19.4 Å². The third-order valence-electron chi connectivity index (χ3n) is 4.33. The fourth-order valence-corrected chi connectivity index (χ4v) is 3.19. The Bertz CT molecular complexity index is 794. The van der Waals surface area contributed by atoms with E-state index in [1.54, 1.807) is 6.07 Å². The largest absolute Gasteiger partial charge is 0.454 e. The number of hydrogen-bond acceptors (Lipinski definition) is 4. The van der Waals surface area contributed by atoms with E-state index < -0.39 is 0 Å². The van der Waals surface area contributed by atoms with E-state index in [0.717, 1.165) is 29.9 Å². The maximum atomic E-state index is 12.7. The predicted molar refractivity (Wildman–Crippen MR) is 82.6 cm³/mol. The highest BCUT2D eigenvalue weighted by molar-refractivity contribution is 5.94. The molecule has 6 nitrogen and oxygen atoms in total. The highest BCUT2D eigenvalue weighted by atomic mass is 16.7. The van der Waals surface area contributed by atoms with E-state index in [0.29, 0.717) is 12.1 Å². The molecule has 0 unspecified atom stereocenters. The van der Waals surface area contributed by atoms with Crippen molar-refractivity contribution < 1.29 is 14.3 Å². The van der Waals surface area contributed by atoms with Crippen molar-refractivity contribution in [2.75, 3.05) is 13.3 Å². The SMILES string of the molecule is O=C(c1ccc(=O)[nH]c1)N1CCC[C@@H]1c1ccc2c(c1)OCO2. The third-order valence-corrected chi connectivity index (χ3v) is 4.33. The first-order valence-corrected chi connectivity index (χ1v) is 7.61. The van der Waals surface area contributed by atoms with Crippen LogP contribution in [0.4, 0.5) is 0 Å². The van der Waals surface area contributed by atoms with Gasteiger partial charge in [-0.05, 0) is 36.6 Å². The summed E-state index contributed by atoms with van der Waals surface area (Å²) >= 11 is 0. The molecule has 1 saturated heterocycles. The Kier molecular flexibility index (Phi) is 3.29. The minimum Gasteiger partial charge on any atom is -0.454 e. The number of ether oxygens (including phenoxy) is 2. The summed E-state index contributed by atoms with van der Waals surface area (Å²) in [6.45, 7) is 0.945. The van der Waals surface area contributed by atoms with Crippen molar-refractivity contribution in [3.63, 3.8) is 0 Å². The van der Waals surface area contributed by atoms with E-state index in [1.807, 2.05) is 23.1 Å². The van der Waals surface area contributed by atoms with E-state index in [9.17, 15) is 9.59 Å². The number of rotatable bonds is 2. The van der Waals surface area contributed by atoms with Gasteiger partial charge in [-0.25, -0.2) is 0 Å².